The molecule has 0 saturated carbocycles. The van der Waals surface area contributed by atoms with Crippen molar-refractivity contribution in [3.63, 3.8) is 0 Å². The van der Waals surface area contributed by atoms with Gasteiger partial charge in [-0.1, -0.05) is 6.07 Å². The lowest BCUT2D eigenvalue weighted by atomic mass is 10.0. The van der Waals surface area contributed by atoms with E-state index in [-0.39, 0.29) is 23.9 Å². The summed E-state index contributed by atoms with van der Waals surface area (Å²) < 4.78 is 26.5. The highest BCUT2D eigenvalue weighted by molar-refractivity contribution is 5.87. The molecule has 0 saturated heterocycles. The zero-order valence-corrected chi connectivity index (χ0v) is 17.7. The molecule has 0 bridgehead atoms. The van der Waals surface area contributed by atoms with Crippen LogP contribution in [0.3, 0.4) is 0 Å². The molecular formula is C23H24O8. The molecule has 0 aliphatic heterocycles. The minimum absolute atomic E-state index is 0.000603. The molecule has 0 amide bonds. The third-order valence-electron chi connectivity index (χ3n) is 4.66. The summed E-state index contributed by atoms with van der Waals surface area (Å²) in [5, 5.41) is 21.1. The highest BCUT2D eigenvalue weighted by atomic mass is 16.5. The number of carbonyl (C=O) groups excluding carboxylic acids is 1. The summed E-state index contributed by atoms with van der Waals surface area (Å²) in [5.41, 5.74) is -0.413. The second kappa shape index (κ2) is 9.01. The summed E-state index contributed by atoms with van der Waals surface area (Å²) in [7, 11) is 4.48. The molecule has 8 nitrogen and oxygen atoms in total. The van der Waals surface area contributed by atoms with Gasteiger partial charge in [0.15, 0.2) is 28.6 Å². The number of methoxy groups -OCH3 is 3. The molecule has 3 aromatic rings. The summed E-state index contributed by atoms with van der Waals surface area (Å²) in [6.07, 6.45) is 2.73. The summed E-state index contributed by atoms with van der Waals surface area (Å²) >= 11 is 0. The van der Waals surface area contributed by atoms with E-state index in [0.717, 1.165) is 0 Å². The third kappa shape index (κ3) is 4.92. The molecule has 0 aliphatic carbocycles. The van der Waals surface area contributed by atoms with E-state index in [9.17, 15) is 15.0 Å². The zero-order valence-electron chi connectivity index (χ0n) is 17.7. The van der Waals surface area contributed by atoms with Gasteiger partial charge in [-0.2, -0.15) is 0 Å². The van der Waals surface area contributed by atoms with Crippen molar-refractivity contribution in [1.29, 1.82) is 0 Å². The monoisotopic (exact) mass is 428 g/mol. The van der Waals surface area contributed by atoms with Crippen LogP contribution in [-0.4, -0.2) is 44.1 Å². The second-order valence-electron chi connectivity index (χ2n) is 7.00. The van der Waals surface area contributed by atoms with Gasteiger partial charge in [-0.25, -0.2) is 4.79 Å². The van der Waals surface area contributed by atoms with Crippen LogP contribution in [0.2, 0.25) is 0 Å². The normalized spacial score (nSPS) is 13.2. The Morgan fingerprint density at radius 1 is 1.03 bits per heavy atom. The van der Waals surface area contributed by atoms with Crippen LogP contribution >= 0.6 is 0 Å². The smallest absolute Gasteiger partial charge is 0.330 e. The molecule has 0 radical (unpaired) electrons. The van der Waals surface area contributed by atoms with Crippen LogP contribution in [0.4, 0.5) is 0 Å². The van der Waals surface area contributed by atoms with Gasteiger partial charge in [0.25, 0.3) is 0 Å². The minimum atomic E-state index is -1.55. The Labute approximate surface area is 179 Å². The summed E-state index contributed by atoms with van der Waals surface area (Å²) in [4.78, 5) is 12.1. The number of aromatic hydroxyl groups is 1. The molecular weight excluding hydrogens is 404 g/mol. The maximum Gasteiger partial charge on any atom is 0.330 e. The van der Waals surface area contributed by atoms with Gasteiger partial charge < -0.3 is 33.6 Å². The first-order chi connectivity index (χ1) is 14.8. The van der Waals surface area contributed by atoms with E-state index >= 15 is 0 Å². The maximum absolute atomic E-state index is 12.1. The van der Waals surface area contributed by atoms with Crippen molar-refractivity contribution in [2.45, 2.75) is 12.5 Å². The lowest BCUT2D eigenvalue weighted by Gasteiger charge is -2.19. The van der Waals surface area contributed by atoms with Gasteiger partial charge in [0.2, 0.25) is 0 Å². The lowest BCUT2D eigenvalue weighted by Crippen LogP contribution is -2.28. The van der Waals surface area contributed by atoms with Gasteiger partial charge in [-0.15, -0.1) is 0 Å². The molecule has 3 rings (SSSR count). The predicted molar refractivity (Wildman–Crippen MR) is 114 cm³/mol. The molecule has 31 heavy (non-hydrogen) atoms. The fourth-order valence-corrected chi connectivity index (χ4v) is 2.92. The second-order valence-corrected chi connectivity index (χ2v) is 7.00. The van der Waals surface area contributed by atoms with E-state index < -0.39 is 11.6 Å². The van der Waals surface area contributed by atoms with Crippen molar-refractivity contribution in [3.8, 4) is 23.0 Å². The average molecular weight is 428 g/mol. The number of aliphatic hydroxyl groups is 1. The SMILES string of the molecule is COc1cc(C=CC(=O)OCC(C)(O)c2cc3cc(OC)c(OC)cc3o2)ccc1O. The quantitative estimate of drug-likeness (QED) is 0.414. The van der Waals surface area contributed by atoms with Crippen molar-refractivity contribution in [2.75, 3.05) is 27.9 Å². The summed E-state index contributed by atoms with van der Waals surface area (Å²) in [6.45, 7) is 1.17. The third-order valence-corrected chi connectivity index (χ3v) is 4.66. The van der Waals surface area contributed by atoms with Crippen LogP contribution in [-0.2, 0) is 15.1 Å². The van der Waals surface area contributed by atoms with E-state index in [1.54, 1.807) is 30.3 Å². The van der Waals surface area contributed by atoms with E-state index in [2.05, 4.69) is 0 Å². The number of carbonyl (C=O) groups is 1. The number of hydrogen-bond donors (Lipinski definition) is 2. The Balaban J connectivity index is 1.69. The molecule has 0 fully saturated rings. The molecule has 0 aliphatic rings. The Bertz CT molecular complexity index is 1070. The molecule has 164 valence electrons. The van der Waals surface area contributed by atoms with Crippen molar-refractivity contribution >= 4 is 23.0 Å². The minimum Gasteiger partial charge on any atom is -0.504 e. The standard InChI is InChI=1S/C23H24O8/c1-23(26,21-11-15-10-19(28-3)20(29-4)12-17(15)31-21)13-30-22(25)8-6-14-5-7-16(24)18(9-14)27-2/h5-12,24,26H,13H2,1-4H3. The van der Waals surface area contributed by atoms with Crippen molar-refractivity contribution in [2.24, 2.45) is 0 Å². The Hall–Kier alpha value is -3.65. The predicted octanol–water partition coefficient (Wildman–Crippen LogP) is 3.63. The van der Waals surface area contributed by atoms with E-state index in [4.69, 9.17) is 23.4 Å². The molecule has 0 spiro atoms. The Morgan fingerprint density at radius 3 is 2.39 bits per heavy atom. The van der Waals surface area contributed by atoms with Crippen LogP contribution in [0.1, 0.15) is 18.2 Å². The van der Waals surface area contributed by atoms with Crippen LogP contribution in [0.15, 0.2) is 46.9 Å². The highest BCUT2D eigenvalue weighted by Crippen LogP contribution is 2.36. The number of ether oxygens (including phenoxy) is 4. The molecule has 8 heteroatoms. The number of rotatable bonds is 8. The Kier molecular flexibility index (Phi) is 6.41. The first-order valence-electron chi connectivity index (χ1n) is 9.37. The number of furan rings is 1. The van der Waals surface area contributed by atoms with Gasteiger partial charge in [0.05, 0.1) is 21.3 Å². The molecule has 1 aromatic heterocycles. The largest absolute Gasteiger partial charge is 0.504 e. The van der Waals surface area contributed by atoms with E-state index in [1.165, 1.54) is 46.5 Å². The first-order valence-corrected chi connectivity index (χ1v) is 9.37. The fraction of sp³-hybridized carbons (Fsp3) is 0.261. The van der Waals surface area contributed by atoms with Gasteiger partial charge >= 0.3 is 5.97 Å². The molecule has 1 atom stereocenters. The zero-order chi connectivity index (χ0) is 22.6. The van der Waals surface area contributed by atoms with Gasteiger partial charge in [0.1, 0.15) is 18.0 Å². The van der Waals surface area contributed by atoms with E-state index in [0.29, 0.717) is 28.0 Å². The Morgan fingerprint density at radius 2 is 1.71 bits per heavy atom. The molecule has 1 heterocycles. The van der Waals surface area contributed by atoms with Crippen LogP contribution < -0.4 is 14.2 Å². The number of benzene rings is 2. The van der Waals surface area contributed by atoms with Crippen molar-refractivity contribution in [3.05, 3.63) is 53.8 Å². The number of phenolic OH excluding ortho intramolecular Hbond substituents is 1. The van der Waals surface area contributed by atoms with Gasteiger partial charge in [-0.3, -0.25) is 0 Å². The van der Waals surface area contributed by atoms with Crippen LogP contribution in [0.25, 0.3) is 17.0 Å². The van der Waals surface area contributed by atoms with Crippen molar-refractivity contribution < 1.29 is 38.4 Å². The highest BCUT2D eigenvalue weighted by Gasteiger charge is 2.29. The molecule has 2 aromatic carbocycles. The lowest BCUT2D eigenvalue weighted by molar-refractivity contribution is -0.146. The number of fused-ring (bicyclic) bond motifs is 1. The van der Waals surface area contributed by atoms with Crippen LogP contribution in [0, 0.1) is 0 Å². The summed E-state index contributed by atoms with van der Waals surface area (Å²) in [5.74, 6) is 0.906. The topological polar surface area (TPSA) is 108 Å². The van der Waals surface area contributed by atoms with Crippen LogP contribution in [0.5, 0.6) is 23.0 Å². The molecule has 2 N–H and O–H groups in total. The maximum atomic E-state index is 12.1. The fourth-order valence-electron chi connectivity index (χ4n) is 2.92. The number of phenols is 1. The van der Waals surface area contributed by atoms with E-state index in [1.807, 2.05) is 0 Å². The van der Waals surface area contributed by atoms with Gasteiger partial charge in [-0.05, 0) is 42.8 Å². The van der Waals surface area contributed by atoms with Gasteiger partial charge in [0, 0.05) is 17.5 Å². The number of esters is 1. The van der Waals surface area contributed by atoms with Crippen molar-refractivity contribution in [1.82, 2.24) is 0 Å². The first kappa shape index (κ1) is 22.0. The number of hydrogen-bond acceptors (Lipinski definition) is 8. The average Bonchev–Trinajstić information content (AvgIpc) is 3.20. The molecule has 1 unspecified atom stereocenters. The summed E-state index contributed by atoms with van der Waals surface area (Å²) in [6, 6.07) is 9.71.